The molecule has 3 N–H and O–H groups in total. The summed E-state index contributed by atoms with van der Waals surface area (Å²) in [6.07, 6.45) is 2.72. The van der Waals surface area contributed by atoms with Crippen molar-refractivity contribution < 1.29 is 24.5 Å². The highest BCUT2D eigenvalue weighted by Crippen LogP contribution is 2.13. The maximum Gasteiger partial charge on any atom is 0.328 e. The number of carboxylic acid groups (broad SMARTS) is 1. The fourth-order valence-electron chi connectivity index (χ4n) is 1.32. The Kier molecular flexibility index (Phi) is 5.56. The van der Waals surface area contributed by atoms with Crippen LogP contribution in [0.4, 0.5) is 0 Å². The second-order valence-corrected chi connectivity index (χ2v) is 3.69. The predicted octanol–water partition coefficient (Wildman–Crippen LogP) is 0.270. The molecule has 6 heteroatoms. The molecule has 0 unspecified atom stereocenters. The SMILES string of the molecule is COc1cccc(/C=C/C(=O)N[C@@H](CO)C(=O)O)c1. The minimum atomic E-state index is -1.30. The Labute approximate surface area is 110 Å². The van der Waals surface area contributed by atoms with Crippen molar-refractivity contribution >= 4 is 18.0 Å². The number of rotatable bonds is 6. The molecular formula is C13H15NO5. The molecule has 1 aromatic rings. The van der Waals surface area contributed by atoms with Crippen LogP contribution in [0, 0.1) is 0 Å². The Bertz CT molecular complexity index is 484. The zero-order chi connectivity index (χ0) is 14.3. The molecule has 6 nitrogen and oxygen atoms in total. The van der Waals surface area contributed by atoms with Crippen molar-refractivity contribution in [3.63, 3.8) is 0 Å². The highest BCUT2D eigenvalue weighted by atomic mass is 16.5. The van der Waals surface area contributed by atoms with Crippen LogP contribution in [-0.2, 0) is 9.59 Å². The van der Waals surface area contributed by atoms with Gasteiger partial charge in [0.05, 0.1) is 13.7 Å². The highest BCUT2D eigenvalue weighted by molar-refractivity contribution is 5.94. The lowest BCUT2D eigenvalue weighted by Crippen LogP contribution is -2.42. The van der Waals surface area contributed by atoms with Crippen LogP contribution in [0.15, 0.2) is 30.3 Å². The number of nitrogens with one attached hydrogen (secondary N) is 1. The van der Waals surface area contributed by atoms with Crippen molar-refractivity contribution in [2.45, 2.75) is 6.04 Å². The Morgan fingerprint density at radius 1 is 1.47 bits per heavy atom. The van der Waals surface area contributed by atoms with Gasteiger partial charge in [0.2, 0.25) is 5.91 Å². The Morgan fingerprint density at radius 3 is 2.79 bits per heavy atom. The molecule has 1 amide bonds. The van der Waals surface area contributed by atoms with E-state index in [1.807, 2.05) is 0 Å². The molecule has 1 aromatic carbocycles. The molecule has 0 aromatic heterocycles. The summed E-state index contributed by atoms with van der Waals surface area (Å²) in [6.45, 7) is -0.659. The third-order valence-electron chi connectivity index (χ3n) is 2.32. The van der Waals surface area contributed by atoms with Crippen LogP contribution in [0.1, 0.15) is 5.56 Å². The minimum absolute atomic E-state index is 0.593. The molecule has 0 fully saturated rings. The van der Waals surface area contributed by atoms with Gasteiger partial charge in [-0.3, -0.25) is 4.79 Å². The number of methoxy groups -OCH3 is 1. The molecule has 102 valence electrons. The molecule has 0 bridgehead atoms. The summed E-state index contributed by atoms with van der Waals surface area (Å²) in [5, 5.41) is 19.6. The van der Waals surface area contributed by atoms with Crippen molar-refractivity contribution in [1.82, 2.24) is 5.32 Å². The van der Waals surface area contributed by atoms with Gasteiger partial charge in [-0.25, -0.2) is 4.79 Å². The number of aliphatic hydroxyl groups is 1. The average molecular weight is 265 g/mol. The van der Waals surface area contributed by atoms with Crippen molar-refractivity contribution in [3.05, 3.63) is 35.9 Å². The molecule has 0 saturated carbocycles. The van der Waals surface area contributed by atoms with Crippen LogP contribution in [-0.4, -0.2) is 41.8 Å². The van der Waals surface area contributed by atoms with Gasteiger partial charge in [0.15, 0.2) is 6.04 Å². The standard InChI is InChI=1S/C13H15NO5/c1-19-10-4-2-3-9(7-10)5-6-12(16)14-11(8-15)13(17)18/h2-7,11,15H,8H2,1H3,(H,14,16)(H,17,18)/b6-5+/t11-/m0/s1. The lowest BCUT2D eigenvalue weighted by atomic mass is 10.2. The Hall–Kier alpha value is -2.34. The van der Waals surface area contributed by atoms with Crippen molar-refractivity contribution in [1.29, 1.82) is 0 Å². The van der Waals surface area contributed by atoms with Gasteiger partial charge in [0, 0.05) is 6.08 Å². The molecule has 0 radical (unpaired) electrons. The molecule has 0 saturated heterocycles. The van der Waals surface area contributed by atoms with E-state index in [1.165, 1.54) is 19.3 Å². The predicted molar refractivity (Wildman–Crippen MR) is 68.7 cm³/mol. The summed E-state index contributed by atoms with van der Waals surface area (Å²) in [5.74, 6) is -1.23. The molecule has 0 aliphatic heterocycles. The fraction of sp³-hybridized carbons (Fsp3) is 0.231. The average Bonchev–Trinajstić information content (AvgIpc) is 2.42. The Morgan fingerprint density at radius 2 is 2.21 bits per heavy atom. The van der Waals surface area contributed by atoms with Crippen LogP contribution in [0.3, 0.4) is 0 Å². The van der Waals surface area contributed by atoms with Crippen LogP contribution < -0.4 is 10.1 Å². The number of aliphatic carboxylic acids is 1. The van der Waals surface area contributed by atoms with Gasteiger partial charge in [0.25, 0.3) is 0 Å². The lowest BCUT2D eigenvalue weighted by Gasteiger charge is -2.09. The number of carbonyl (C=O) groups excluding carboxylic acids is 1. The second kappa shape index (κ2) is 7.17. The number of aliphatic hydroxyl groups excluding tert-OH is 1. The van der Waals surface area contributed by atoms with Crippen LogP contribution in [0.2, 0.25) is 0 Å². The number of hydrogen-bond acceptors (Lipinski definition) is 4. The van der Waals surface area contributed by atoms with Crippen LogP contribution >= 0.6 is 0 Å². The number of carbonyl (C=O) groups is 2. The van der Waals surface area contributed by atoms with E-state index in [0.29, 0.717) is 5.75 Å². The first-order chi connectivity index (χ1) is 9.06. The monoisotopic (exact) mass is 265 g/mol. The molecular weight excluding hydrogens is 250 g/mol. The molecule has 0 aliphatic rings. The van der Waals surface area contributed by atoms with Crippen LogP contribution in [0.5, 0.6) is 5.75 Å². The molecule has 0 heterocycles. The molecule has 0 aliphatic carbocycles. The van der Waals surface area contributed by atoms with Gasteiger partial charge in [-0.2, -0.15) is 0 Å². The van der Waals surface area contributed by atoms with E-state index in [0.717, 1.165) is 5.56 Å². The maximum absolute atomic E-state index is 11.4. The minimum Gasteiger partial charge on any atom is -0.497 e. The summed E-state index contributed by atoms with van der Waals surface area (Å²) in [6, 6.07) is 5.73. The number of carboxylic acids is 1. The lowest BCUT2D eigenvalue weighted by molar-refractivity contribution is -0.142. The fourth-order valence-corrected chi connectivity index (χ4v) is 1.32. The normalized spacial score (nSPS) is 12.1. The van der Waals surface area contributed by atoms with Gasteiger partial charge < -0.3 is 20.3 Å². The molecule has 1 rings (SSSR count). The van der Waals surface area contributed by atoms with E-state index in [4.69, 9.17) is 14.9 Å². The summed E-state index contributed by atoms with van der Waals surface area (Å²) in [7, 11) is 1.54. The highest BCUT2D eigenvalue weighted by Gasteiger charge is 2.16. The van der Waals surface area contributed by atoms with E-state index >= 15 is 0 Å². The molecule has 0 spiro atoms. The van der Waals surface area contributed by atoms with Crippen molar-refractivity contribution in [2.75, 3.05) is 13.7 Å². The summed E-state index contributed by atoms with van der Waals surface area (Å²) in [4.78, 5) is 22.0. The van der Waals surface area contributed by atoms with Gasteiger partial charge in [-0.1, -0.05) is 12.1 Å². The third-order valence-corrected chi connectivity index (χ3v) is 2.32. The largest absolute Gasteiger partial charge is 0.497 e. The van der Waals surface area contributed by atoms with Crippen molar-refractivity contribution in [3.8, 4) is 5.75 Å². The maximum atomic E-state index is 11.4. The first-order valence-electron chi connectivity index (χ1n) is 5.53. The quantitative estimate of drug-likeness (QED) is 0.642. The third kappa shape index (κ3) is 4.81. The number of hydrogen-bond donors (Lipinski definition) is 3. The summed E-state index contributed by atoms with van der Waals surface area (Å²) >= 11 is 0. The number of ether oxygens (including phenoxy) is 1. The second-order valence-electron chi connectivity index (χ2n) is 3.69. The zero-order valence-corrected chi connectivity index (χ0v) is 10.4. The van der Waals surface area contributed by atoms with Gasteiger partial charge in [-0.15, -0.1) is 0 Å². The van der Waals surface area contributed by atoms with E-state index in [9.17, 15) is 9.59 Å². The first kappa shape index (κ1) is 14.7. The summed E-state index contributed by atoms with van der Waals surface area (Å²) < 4.78 is 5.03. The summed E-state index contributed by atoms with van der Waals surface area (Å²) in [5.41, 5.74) is 0.741. The zero-order valence-electron chi connectivity index (χ0n) is 10.4. The number of amides is 1. The van der Waals surface area contributed by atoms with E-state index < -0.39 is 24.5 Å². The first-order valence-corrected chi connectivity index (χ1v) is 5.53. The van der Waals surface area contributed by atoms with E-state index in [1.54, 1.807) is 24.3 Å². The topological polar surface area (TPSA) is 95.9 Å². The van der Waals surface area contributed by atoms with E-state index in [-0.39, 0.29) is 0 Å². The van der Waals surface area contributed by atoms with Gasteiger partial charge >= 0.3 is 5.97 Å². The van der Waals surface area contributed by atoms with Crippen LogP contribution in [0.25, 0.3) is 6.08 Å². The van der Waals surface area contributed by atoms with Gasteiger partial charge in [0.1, 0.15) is 5.75 Å². The van der Waals surface area contributed by atoms with Crippen molar-refractivity contribution in [2.24, 2.45) is 0 Å². The molecule has 19 heavy (non-hydrogen) atoms. The Balaban J connectivity index is 2.65. The van der Waals surface area contributed by atoms with E-state index in [2.05, 4.69) is 5.32 Å². The smallest absolute Gasteiger partial charge is 0.328 e. The van der Waals surface area contributed by atoms with Gasteiger partial charge in [-0.05, 0) is 23.8 Å². The number of benzene rings is 1. The molecule has 1 atom stereocenters.